The number of thiazole rings is 1. The maximum Gasteiger partial charge on any atom is 0.265 e. The van der Waals surface area contributed by atoms with E-state index in [9.17, 15) is 4.79 Å². The van der Waals surface area contributed by atoms with Crippen molar-refractivity contribution in [3.63, 3.8) is 0 Å². The van der Waals surface area contributed by atoms with Crippen LogP contribution in [0.15, 0.2) is 24.3 Å². The van der Waals surface area contributed by atoms with Crippen molar-refractivity contribution < 1.29 is 4.79 Å². The summed E-state index contributed by atoms with van der Waals surface area (Å²) in [5, 5.41) is 1.05. The molecule has 0 atom stereocenters. The quantitative estimate of drug-likeness (QED) is 0.794. The predicted molar refractivity (Wildman–Crippen MR) is 102 cm³/mol. The van der Waals surface area contributed by atoms with Crippen molar-refractivity contribution in [3.8, 4) is 0 Å². The first-order valence-electron chi connectivity index (χ1n) is 8.26. The number of aryl methyl sites for hydroxylation is 1. The van der Waals surface area contributed by atoms with Gasteiger partial charge in [0.1, 0.15) is 4.88 Å². The second-order valence-corrected chi connectivity index (χ2v) is 7.93. The largest absolute Gasteiger partial charge is 0.378 e. The summed E-state index contributed by atoms with van der Waals surface area (Å²) in [6.45, 7) is 6.86. The van der Waals surface area contributed by atoms with Crippen molar-refractivity contribution >= 4 is 22.9 Å². The molecule has 1 heterocycles. The number of carbonyl (C=O) groups excluding carboxylic acids is 1. The van der Waals surface area contributed by atoms with E-state index < -0.39 is 0 Å². The molecule has 2 aromatic rings. The molecule has 1 aromatic carbocycles. The Morgan fingerprint density at radius 1 is 1.17 bits per heavy atom. The van der Waals surface area contributed by atoms with Crippen LogP contribution in [0.4, 0.5) is 5.69 Å². The third-order valence-corrected chi connectivity index (χ3v) is 5.00. The zero-order valence-electron chi connectivity index (χ0n) is 15.5. The van der Waals surface area contributed by atoms with Gasteiger partial charge < -0.3 is 9.80 Å². The summed E-state index contributed by atoms with van der Waals surface area (Å²) in [7, 11) is 5.89. The number of hydrogen-bond acceptors (Lipinski definition) is 4. The fourth-order valence-electron chi connectivity index (χ4n) is 2.51. The van der Waals surface area contributed by atoms with Gasteiger partial charge in [-0.3, -0.25) is 4.79 Å². The minimum absolute atomic E-state index is 0.0525. The van der Waals surface area contributed by atoms with Crippen molar-refractivity contribution in [3.05, 3.63) is 45.4 Å². The van der Waals surface area contributed by atoms with E-state index in [0.717, 1.165) is 33.3 Å². The summed E-state index contributed by atoms with van der Waals surface area (Å²) in [5.41, 5.74) is 3.13. The van der Waals surface area contributed by atoms with Crippen LogP contribution in [0.1, 0.15) is 39.8 Å². The Morgan fingerprint density at radius 2 is 1.79 bits per heavy atom. The molecule has 0 saturated carbocycles. The summed E-state index contributed by atoms with van der Waals surface area (Å²) in [5.74, 6) is 0.600. The third-order valence-electron chi connectivity index (χ3n) is 3.84. The molecule has 0 fully saturated rings. The molecule has 5 heteroatoms. The van der Waals surface area contributed by atoms with E-state index in [4.69, 9.17) is 0 Å². The number of carbonyl (C=O) groups is 1. The number of benzene rings is 1. The molecule has 4 nitrogen and oxygen atoms in total. The first-order chi connectivity index (χ1) is 11.3. The van der Waals surface area contributed by atoms with Crippen LogP contribution in [0.5, 0.6) is 0 Å². The Kier molecular flexibility index (Phi) is 5.99. The number of rotatable bonds is 6. The van der Waals surface area contributed by atoms with Crippen LogP contribution in [0, 0.1) is 12.8 Å². The van der Waals surface area contributed by atoms with Gasteiger partial charge in [-0.05, 0) is 30.5 Å². The molecule has 1 aromatic heterocycles. The van der Waals surface area contributed by atoms with Gasteiger partial charge in [-0.25, -0.2) is 4.98 Å². The zero-order valence-corrected chi connectivity index (χ0v) is 16.3. The molecule has 0 spiro atoms. The van der Waals surface area contributed by atoms with E-state index >= 15 is 0 Å². The first kappa shape index (κ1) is 18.5. The molecule has 0 saturated heterocycles. The average molecular weight is 346 g/mol. The van der Waals surface area contributed by atoms with E-state index in [2.05, 4.69) is 48.0 Å². The lowest BCUT2D eigenvalue weighted by Crippen LogP contribution is -2.26. The van der Waals surface area contributed by atoms with Crippen LogP contribution in [0.2, 0.25) is 0 Å². The minimum Gasteiger partial charge on any atom is -0.378 e. The smallest absolute Gasteiger partial charge is 0.265 e. The predicted octanol–water partition coefficient (Wildman–Crippen LogP) is 3.99. The van der Waals surface area contributed by atoms with Gasteiger partial charge in [-0.2, -0.15) is 0 Å². The van der Waals surface area contributed by atoms with Crippen molar-refractivity contribution in [2.45, 2.75) is 33.7 Å². The summed E-state index contributed by atoms with van der Waals surface area (Å²) >= 11 is 1.53. The molecule has 24 heavy (non-hydrogen) atoms. The number of aromatic nitrogens is 1. The van der Waals surface area contributed by atoms with Crippen LogP contribution in [0.25, 0.3) is 0 Å². The van der Waals surface area contributed by atoms with E-state index in [-0.39, 0.29) is 5.91 Å². The van der Waals surface area contributed by atoms with Crippen LogP contribution >= 0.6 is 11.3 Å². The third kappa shape index (κ3) is 4.57. The second kappa shape index (κ2) is 7.79. The fourth-order valence-corrected chi connectivity index (χ4v) is 3.78. The SMILES string of the molecule is Cc1nc(CC(C)C)sc1C(=O)N(C)Cc1ccc(N(C)C)cc1. The lowest BCUT2D eigenvalue weighted by atomic mass is 10.1. The van der Waals surface area contributed by atoms with Crippen molar-refractivity contribution in [2.24, 2.45) is 5.92 Å². The van der Waals surface area contributed by atoms with Gasteiger partial charge in [0.2, 0.25) is 0 Å². The van der Waals surface area contributed by atoms with Gasteiger partial charge in [-0.1, -0.05) is 26.0 Å². The Morgan fingerprint density at radius 3 is 2.33 bits per heavy atom. The fraction of sp³-hybridized carbons (Fsp3) is 0.474. The molecular formula is C19H27N3OS. The first-order valence-corrected chi connectivity index (χ1v) is 9.07. The van der Waals surface area contributed by atoms with Gasteiger partial charge >= 0.3 is 0 Å². The highest BCUT2D eigenvalue weighted by molar-refractivity contribution is 7.13. The zero-order chi connectivity index (χ0) is 17.9. The van der Waals surface area contributed by atoms with Crippen LogP contribution < -0.4 is 4.90 Å². The molecule has 0 aliphatic rings. The minimum atomic E-state index is 0.0525. The van der Waals surface area contributed by atoms with Crippen LogP contribution in [0.3, 0.4) is 0 Å². The number of nitrogens with zero attached hydrogens (tertiary/aromatic N) is 3. The molecule has 1 amide bonds. The standard InChI is InChI=1S/C19H27N3OS/c1-13(2)11-17-20-14(3)18(24-17)19(23)22(6)12-15-7-9-16(10-8-15)21(4)5/h7-10,13H,11-12H2,1-6H3. The van der Waals surface area contributed by atoms with Gasteiger partial charge in [0.05, 0.1) is 10.7 Å². The lowest BCUT2D eigenvalue weighted by Gasteiger charge is -2.18. The number of amides is 1. The van der Waals surface area contributed by atoms with E-state index in [1.54, 1.807) is 4.90 Å². The van der Waals surface area contributed by atoms with Crippen LogP contribution in [-0.4, -0.2) is 36.9 Å². The Hall–Kier alpha value is -1.88. The van der Waals surface area contributed by atoms with E-state index in [1.165, 1.54) is 11.3 Å². The molecule has 0 N–H and O–H groups in total. The maximum atomic E-state index is 12.7. The molecule has 0 unspecified atom stereocenters. The van der Waals surface area contributed by atoms with Gasteiger partial charge in [-0.15, -0.1) is 11.3 Å². The molecule has 2 rings (SSSR count). The molecule has 0 aliphatic heterocycles. The number of hydrogen-bond donors (Lipinski definition) is 0. The molecule has 0 aliphatic carbocycles. The van der Waals surface area contributed by atoms with Crippen molar-refractivity contribution in [2.75, 3.05) is 26.0 Å². The molecule has 130 valence electrons. The van der Waals surface area contributed by atoms with Gasteiger partial charge in [0.15, 0.2) is 0 Å². The Balaban J connectivity index is 2.07. The normalized spacial score (nSPS) is 11.0. The molecule has 0 radical (unpaired) electrons. The average Bonchev–Trinajstić information content (AvgIpc) is 2.86. The highest BCUT2D eigenvalue weighted by Crippen LogP contribution is 2.23. The summed E-state index contributed by atoms with van der Waals surface area (Å²) in [4.78, 5) is 21.9. The van der Waals surface area contributed by atoms with Gasteiger partial charge in [0, 0.05) is 39.8 Å². The highest BCUT2D eigenvalue weighted by Gasteiger charge is 2.19. The Labute approximate surface area is 149 Å². The summed E-state index contributed by atoms with van der Waals surface area (Å²) < 4.78 is 0. The van der Waals surface area contributed by atoms with Gasteiger partial charge in [0.25, 0.3) is 5.91 Å². The molecular weight excluding hydrogens is 318 g/mol. The van der Waals surface area contributed by atoms with E-state index in [1.807, 2.05) is 28.1 Å². The van der Waals surface area contributed by atoms with E-state index in [0.29, 0.717) is 12.5 Å². The topological polar surface area (TPSA) is 36.4 Å². The number of anilines is 1. The van der Waals surface area contributed by atoms with Crippen LogP contribution in [-0.2, 0) is 13.0 Å². The second-order valence-electron chi connectivity index (χ2n) is 6.84. The van der Waals surface area contributed by atoms with Crippen molar-refractivity contribution in [1.29, 1.82) is 0 Å². The molecule has 0 bridgehead atoms. The maximum absolute atomic E-state index is 12.7. The monoisotopic (exact) mass is 345 g/mol. The Bertz CT molecular complexity index is 689. The summed E-state index contributed by atoms with van der Waals surface area (Å²) in [6, 6.07) is 8.30. The lowest BCUT2D eigenvalue weighted by molar-refractivity contribution is 0.0789. The summed E-state index contributed by atoms with van der Waals surface area (Å²) in [6.07, 6.45) is 0.925. The highest BCUT2D eigenvalue weighted by atomic mass is 32.1. The van der Waals surface area contributed by atoms with Crippen molar-refractivity contribution in [1.82, 2.24) is 9.88 Å².